The predicted octanol–water partition coefficient (Wildman–Crippen LogP) is 3.67. The lowest BCUT2D eigenvalue weighted by Crippen LogP contribution is -2.40. The number of guanidine groups is 1. The number of hydrogen-bond acceptors (Lipinski definition) is 2. The van der Waals surface area contributed by atoms with Crippen LogP contribution in [-0.4, -0.2) is 53.4 Å². The molecule has 0 bridgehead atoms. The molecule has 0 aliphatic carbocycles. The van der Waals surface area contributed by atoms with Gasteiger partial charge in [0.15, 0.2) is 5.96 Å². The number of rotatable bonds is 6. The number of aliphatic imine (C=N–C) groups is 1. The Bertz CT molecular complexity index is 882. The van der Waals surface area contributed by atoms with Gasteiger partial charge in [-0.3, -0.25) is 9.79 Å². The van der Waals surface area contributed by atoms with Crippen LogP contribution >= 0.6 is 35.6 Å². The summed E-state index contributed by atoms with van der Waals surface area (Å²) in [5, 5.41) is 4.09. The molecule has 3 rings (SSSR count). The molecular formula is C22H31ClIN5O. The zero-order valence-corrected chi connectivity index (χ0v) is 21.0. The lowest BCUT2D eigenvalue weighted by molar-refractivity contribution is -0.132. The zero-order chi connectivity index (χ0) is 20.8. The molecule has 0 atom stereocenters. The van der Waals surface area contributed by atoms with Gasteiger partial charge in [0, 0.05) is 59.1 Å². The van der Waals surface area contributed by atoms with Crippen LogP contribution in [0, 0.1) is 0 Å². The highest BCUT2D eigenvalue weighted by Crippen LogP contribution is 2.19. The highest BCUT2D eigenvalue weighted by Gasteiger charge is 2.19. The van der Waals surface area contributed by atoms with E-state index in [2.05, 4.69) is 33.4 Å². The van der Waals surface area contributed by atoms with Crippen LogP contribution in [0.4, 0.5) is 0 Å². The highest BCUT2D eigenvalue weighted by molar-refractivity contribution is 14.0. The maximum Gasteiger partial charge on any atom is 0.222 e. The van der Waals surface area contributed by atoms with E-state index in [9.17, 15) is 4.79 Å². The first-order chi connectivity index (χ1) is 14.0. The summed E-state index contributed by atoms with van der Waals surface area (Å²) in [5.74, 6) is 1.03. The van der Waals surface area contributed by atoms with Crippen molar-refractivity contribution in [2.24, 2.45) is 12.0 Å². The van der Waals surface area contributed by atoms with E-state index in [1.807, 2.05) is 41.9 Å². The fourth-order valence-corrected chi connectivity index (χ4v) is 4.00. The van der Waals surface area contributed by atoms with Crippen molar-refractivity contribution in [3.05, 3.63) is 58.4 Å². The number of nitrogens with one attached hydrogen (secondary N) is 1. The Hall–Kier alpha value is -1.74. The Kier molecular flexibility index (Phi) is 9.48. The van der Waals surface area contributed by atoms with Crippen molar-refractivity contribution in [2.45, 2.75) is 32.4 Å². The molecule has 1 aromatic heterocycles. The van der Waals surface area contributed by atoms with Crippen molar-refractivity contribution < 1.29 is 4.79 Å². The number of carbonyl (C=O) groups excluding carboxylic acids is 1. The number of nitrogens with zero attached hydrogens (tertiary/aromatic N) is 4. The Morgan fingerprint density at radius 3 is 2.70 bits per heavy atom. The molecule has 1 aliphatic heterocycles. The Morgan fingerprint density at radius 1 is 1.30 bits per heavy atom. The number of amides is 1. The van der Waals surface area contributed by atoms with Crippen molar-refractivity contribution in [3.63, 3.8) is 0 Å². The zero-order valence-electron chi connectivity index (χ0n) is 17.9. The number of fused-ring (bicyclic) bond motifs is 1. The van der Waals surface area contributed by atoms with Gasteiger partial charge >= 0.3 is 0 Å². The molecule has 0 unspecified atom stereocenters. The van der Waals surface area contributed by atoms with Crippen molar-refractivity contribution >= 4 is 47.4 Å². The summed E-state index contributed by atoms with van der Waals surface area (Å²) in [6, 6.07) is 10.4. The molecule has 8 heteroatoms. The SMILES string of the molecule is CN=C(NCCCC(=O)N1CCc2ccccc2C1)N(C)Cc1cc(Cl)cn1C.I. The molecule has 0 saturated heterocycles. The molecule has 0 fully saturated rings. The van der Waals surface area contributed by atoms with Gasteiger partial charge in [0.2, 0.25) is 5.91 Å². The summed E-state index contributed by atoms with van der Waals surface area (Å²) in [5.41, 5.74) is 3.75. The van der Waals surface area contributed by atoms with Gasteiger partial charge < -0.3 is 19.7 Å². The average Bonchev–Trinajstić information content (AvgIpc) is 3.03. The third-order valence-electron chi connectivity index (χ3n) is 5.38. The van der Waals surface area contributed by atoms with Crippen LogP contribution < -0.4 is 5.32 Å². The summed E-state index contributed by atoms with van der Waals surface area (Å²) in [6.07, 6.45) is 4.16. The van der Waals surface area contributed by atoms with Crippen molar-refractivity contribution in [2.75, 3.05) is 27.2 Å². The smallest absolute Gasteiger partial charge is 0.222 e. The fraction of sp³-hybridized carbons (Fsp3) is 0.455. The molecule has 1 aromatic carbocycles. The van der Waals surface area contributed by atoms with E-state index in [1.54, 1.807) is 7.05 Å². The van der Waals surface area contributed by atoms with E-state index < -0.39 is 0 Å². The Balaban J connectivity index is 0.00000320. The van der Waals surface area contributed by atoms with E-state index in [4.69, 9.17) is 11.6 Å². The monoisotopic (exact) mass is 543 g/mol. The normalized spacial score (nSPS) is 13.5. The molecule has 164 valence electrons. The van der Waals surface area contributed by atoms with E-state index in [0.717, 1.165) is 42.6 Å². The molecule has 2 heterocycles. The highest BCUT2D eigenvalue weighted by atomic mass is 127. The lowest BCUT2D eigenvalue weighted by atomic mass is 9.99. The number of hydrogen-bond donors (Lipinski definition) is 1. The average molecular weight is 544 g/mol. The molecule has 30 heavy (non-hydrogen) atoms. The van der Waals surface area contributed by atoms with Gasteiger partial charge in [-0.25, -0.2) is 0 Å². The minimum atomic E-state index is 0. The van der Waals surface area contributed by atoms with Gasteiger partial charge in [0.1, 0.15) is 0 Å². The van der Waals surface area contributed by atoms with Crippen LogP contribution in [0.25, 0.3) is 0 Å². The quantitative estimate of drug-likeness (QED) is 0.262. The van der Waals surface area contributed by atoms with Gasteiger partial charge in [0.25, 0.3) is 0 Å². The number of benzene rings is 1. The number of halogens is 2. The molecule has 6 nitrogen and oxygen atoms in total. The maximum absolute atomic E-state index is 12.6. The first-order valence-corrected chi connectivity index (χ1v) is 10.4. The van der Waals surface area contributed by atoms with Crippen LogP contribution in [0.15, 0.2) is 41.5 Å². The molecule has 1 aliphatic rings. The molecule has 1 N–H and O–H groups in total. The van der Waals surface area contributed by atoms with Crippen LogP contribution in [0.2, 0.25) is 5.02 Å². The van der Waals surface area contributed by atoms with Crippen molar-refractivity contribution in [1.29, 1.82) is 0 Å². The third kappa shape index (κ3) is 6.38. The van der Waals surface area contributed by atoms with Crippen LogP contribution in [0.3, 0.4) is 0 Å². The first kappa shape index (κ1) is 24.5. The number of carbonyl (C=O) groups is 1. The second-order valence-corrected chi connectivity index (χ2v) is 7.96. The van der Waals surface area contributed by atoms with Crippen LogP contribution in [0.5, 0.6) is 0 Å². The van der Waals surface area contributed by atoms with E-state index >= 15 is 0 Å². The molecular weight excluding hydrogens is 513 g/mol. The van der Waals surface area contributed by atoms with Crippen LogP contribution in [0.1, 0.15) is 29.7 Å². The van der Waals surface area contributed by atoms with Gasteiger partial charge in [0.05, 0.1) is 11.6 Å². The van der Waals surface area contributed by atoms with Crippen LogP contribution in [-0.2, 0) is 31.4 Å². The summed E-state index contributed by atoms with van der Waals surface area (Å²) in [7, 11) is 5.75. The number of aryl methyl sites for hydroxylation is 1. The number of aromatic nitrogens is 1. The van der Waals surface area contributed by atoms with Gasteiger partial charge in [-0.15, -0.1) is 24.0 Å². The summed E-state index contributed by atoms with van der Waals surface area (Å²) in [6.45, 7) is 2.95. The molecule has 2 aromatic rings. The standard InChI is InChI=1S/C22H30ClN5O.HI/c1-24-22(27(3)16-20-13-19(23)15-26(20)2)25-11-6-9-21(29)28-12-10-17-7-4-5-8-18(17)14-28;/h4-5,7-8,13,15H,6,9-12,14,16H2,1-3H3,(H,24,25);1H. The molecule has 1 amide bonds. The Morgan fingerprint density at radius 2 is 2.03 bits per heavy atom. The van der Waals surface area contributed by atoms with E-state index in [0.29, 0.717) is 19.5 Å². The summed E-state index contributed by atoms with van der Waals surface area (Å²) in [4.78, 5) is 21.0. The molecule has 0 radical (unpaired) electrons. The topological polar surface area (TPSA) is 52.9 Å². The van der Waals surface area contributed by atoms with Gasteiger partial charge in [-0.05, 0) is 30.0 Å². The molecule has 0 saturated carbocycles. The lowest BCUT2D eigenvalue weighted by Gasteiger charge is -2.29. The predicted molar refractivity (Wildman–Crippen MR) is 133 cm³/mol. The second kappa shape index (κ2) is 11.6. The minimum absolute atomic E-state index is 0. The Labute approximate surface area is 201 Å². The van der Waals surface area contributed by atoms with Crippen molar-refractivity contribution in [3.8, 4) is 0 Å². The molecule has 0 spiro atoms. The minimum Gasteiger partial charge on any atom is -0.356 e. The fourth-order valence-electron chi connectivity index (χ4n) is 3.73. The summed E-state index contributed by atoms with van der Waals surface area (Å²) < 4.78 is 2.02. The van der Waals surface area contributed by atoms with E-state index in [-0.39, 0.29) is 29.9 Å². The van der Waals surface area contributed by atoms with Gasteiger partial charge in [-0.1, -0.05) is 35.9 Å². The van der Waals surface area contributed by atoms with Gasteiger partial charge in [-0.2, -0.15) is 0 Å². The maximum atomic E-state index is 12.6. The second-order valence-electron chi connectivity index (χ2n) is 7.53. The third-order valence-corrected chi connectivity index (χ3v) is 5.59. The first-order valence-electron chi connectivity index (χ1n) is 10.0. The van der Waals surface area contributed by atoms with Crippen molar-refractivity contribution in [1.82, 2.24) is 19.7 Å². The largest absolute Gasteiger partial charge is 0.356 e. The van der Waals surface area contributed by atoms with E-state index in [1.165, 1.54) is 11.1 Å². The summed E-state index contributed by atoms with van der Waals surface area (Å²) >= 11 is 6.07.